The second-order valence-corrected chi connectivity index (χ2v) is 9.55. The molecule has 28 heavy (non-hydrogen) atoms. The summed E-state index contributed by atoms with van der Waals surface area (Å²) < 4.78 is 28.0. The molecule has 1 saturated heterocycles. The van der Waals surface area contributed by atoms with Gasteiger partial charge in [0, 0.05) is 30.6 Å². The zero-order chi connectivity index (χ0) is 19.7. The standard InChI is InChI=1S/C21H25N3O3S/c22-12-17-13-24(14-20(17)15-5-2-1-3-6-15)28(26,27)19-8-4-7-16(11-19)21(25)23-18-9-10-18/h1-8,11,17-18,20H,9-10,12-14,22H2,(H,23,25)/t17-,20+/m1/s1. The second-order valence-electron chi connectivity index (χ2n) is 7.61. The topological polar surface area (TPSA) is 92.5 Å². The highest BCUT2D eigenvalue weighted by Crippen LogP contribution is 2.35. The average molecular weight is 400 g/mol. The van der Waals surface area contributed by atoms with Gasteiger partial charge in [0.1, 0.15) is 0 Å². The lowest BCUT2D eigenvalue weighted by Gasteiger charge is -2.17. The Kier molecular flexibility index (Phi) is 5.23. The Bertz CT molecular complexity index is 958. The number of carbonyl (C=O) groups is 1. The molecule has 0 radical (unpaired) electrons. The quantitative estimate of drug-likeness (QED) is 0.776. The molecule has 7 heteroatoms. The van der Waals surface area contributed by atoms with Crippen LogP contribution in [0.4, 0.5) is 0 Å². The first-order valence-electron chi connectivity index (χ1n) is 9.65. The van der Waals surface area contributed by atoms with Gasteiger partial charge in [0.05, 0.1) is 4.90 Å². The molecule has 2 aromatic carbocycles. The summed E-state index contributed by atoms with van der Waals surface area (Å²) in [6.45, 7) is 1.21. The van der Waals surface area contributed by atoms with Gasteiger partial charge in [0.25, 0.3) is 5.91 Å². The Morgan fingerprint density at radius 3 is 2.50 bits per heavy atom. The maximum atomic E-state index is 13.2. The molecule has 0 spiro atoms. The van der Waals surface area contributed by atoms with Crippen molar-refractivity contribution in [2.75, 3.05) is 19.6 Å². The van der Waals surface area contributed by atoms with Gasteiger partial charge in [-0.2, -0.15) is 4.31 Å². The van der Waals surface area contributed by atoms with Crippen LogP contribution in [0.5, 0.6) is 0 Å². The Labute approximate surface area is 165 Å². The molecule has 1 heterocycles. The van der Waals surface area contributed by atoms with Crippen molar-refractivity contribution >= 4 is 15.9 Å². The highest BCUT2D eigenvalue weighted by molar-refractivity contribution is 7.89. The lowest BCUT2D eigenvalue weighted by atomic mass is 9.89. The lowest BCUT2D eigenvalue weighted by molar-refractivity contribution is 0.0951. The molecule has 4 rings (SSSR count). The third-order valence-corrected chi connectivity index (χ3v) is 7.41. The number of sulfonamides is 1. The van der Waals surface area contributed by atoms with Gasteiger partial charge in [-0.1, -0.05) is 36.4 Å². The molecule has 1 amide bonds. The molecule has 2 aromatic rings. The van der Waals surface area contributed by atoms with E-state index in [-0.39, 0.29) is 28.7 Å². The van der Waals surface area contributed by atoms with Crippen LogP contribution in [-0.2, 0) is 10.0 Å². The third kappa shape index (κ3) is 3.83. The summed E-state index contributed by atoms with van der Waals surface area (Å²) in [6, 6.07) is 16.4. The first-order valence-corrected chi connectivity index (χ1v) is 11.1. The fourth-order valence-corrected chi connectivity index (χ4v) is 5.36. The smallest absolute Gasteiger partial charge is 0.251 e. The van der Waals surface area contributed by atoms with E-state index in [0.29, 0.717) is 25.2 Å². The number of nitrogens with one attached hydrogen (secondary N) is 1. The number of hydrogen-bond donors (Lipinski definition) is 2. The van der Waals surface area contributed by atoms with Gasteiger partial charge in [-0.05, 0) is 49.1 Å². The van der Waals surface area contributed by atoms with E-state index in [2.05, 4.69) is 5.32 Å². The summed E-state index contributed by atoms with van der Waals surface area (Å²) >= 11 is 0. The molecule has 1 aliphatic heterocycles. The monoisotopic (exact) mass is 399 g/mol. The highest BCUT2D eigenvalue weighted by atomic mass is 32.2. The van der Waals surface area contributed by atoms with Gasteiger partial charge >= 0.3 is 0 Å². The summed E-state index contributed by atoms with van der Waals surface area (Å²) in [5, 5.41) is 2.90. The van der Waals surface area contributed by atoms with E-state index in [9.17, 15) is 13.2 Å². The number of amides is 1. The molecule has 3 N–H and O–H groups in total. The van der Waals surface area contributed by atoms with Gasteiger partial charge in [-0.25, -0.2) is 8.42 Å². The Morgan fingerprint density at radius 1 is 1.07 bits per heavy atom. The van der Waals surface area contributed by atoms with E-state index in [1.54, 1.807) is 18.2 Å². The molecule has 148 valence electrons. The second kappa shape index (κ2) is 7.66. The molecular formula is C21H25N3O3S. The lowest BCUT2D eigenvalue weighted by Crippen LogP contribution is -2.30. The minimum Gasteiger partial charge on any atom is -0.349 e. The highest BCUT2D eigenvalue weighted by Gasteiger charge is 2.39. The molecule has 1 saturated carbocycles. The van der Waals surface area contributed by atoms with Gasteiger partial charge in [-0.15, -0.1) is 0 Å². The predicted octanol–water partition coefficient (Wildman–Crippen LogP) is 1.94. The molecule has 2 aliphatic rings. The van der Waals surface area contributed by atoms with Gasteiger partial charge in [0.2, 0.25) is 10.0 Å². The molecule has 0 bridgehead atoms. The van der Waals surface area contributed by atoms with E-state index in [1.165, 1.54) is 10.4 Å². The maximum absolute atomic E-state index is 13.2. The summed E-state index contributed by atoms with van der Waals surface area (Å²) in [5.74, 6) is -0.0798. The van der Waals surface area contributed by atoms with Crippen LogP contribution in [0.1, 0.15) is 34.7 Å². The first-order chi connectivity index (χ1) is 13.5. The predicted molar refractivity (Wildman–Crippen MR) is 107 cm³/mol. The normalized spacial score (nSPS) is 22.9. The van der Waals surface area contributed by atoms with Gasteiger partial charge < -0.3 is 11.1 Å². The van der Waals surface area contributed by atoms with Crippen LogP contribution in [0.15, 0.2) is 59.5 Å². The summed E-state index contributed by atoms with van der Waals surface area (Å²) in [5.41, 5.74) is 7.43. The van der Waals surface area contributed by atoms with Crippen LogP contribution >= 0.6 is 0 Å². The van der Waals surface area contributed by atoms with Crippen LogP contribution in [0.2, 0.25) is 0 Å². The van der Waals surface area contributed by atoms with Crippen molar-refractivity contribution in [3.8, 4) is 0 Å². The Morgan fingerprint density at radius 2 is 1.82 bits per heavy atom. The minimum atomic E-state index is -3.69. The summed E-state index contributed by atoms with van der Waals surface area (Å²) in [7, 11) is -3.69. The SMILES string of the molecule is NC[C@@H]1CN(S(=O)(=O)c2cccc(C(=O)NC3CC3)c2)C[C@H]1c1ccccc1. The largest absolute Gasteiger partial charge is 0.349 e. The van der Waals surface area contributed by atoms with E-state index < -0.39 is 10.0 Å². The molecule has 0 aromatic heterocycles. The zero-order valence-corrected chi connectivity index (χ0v) is 16.4. The van der Waals surface area contributed by atoms with Crippen molar-refractivity contribution in [2.24, 2.45) is 11.7 Å². The maximum Gasteiger partial charge on any atom is 0.251 e. The van der Waals surface area contributed by atoms with Crippen LogP contribution in [0.3, 0.4) is 0 Å². The zero-order valence-electron chi connectivity index (χ0n) is 15.6. The molecule has 0 unspecified atom stereocenters. The molecule has 2 atom stereocenters. The first kappa shape index (κ1) is 19.1. The van der Waals surface area contributed by atoms with Crippen LogP contribution in [-0.4, -0.2) is 44.3 Å². The summed E-state index contributed by atoms with van der Waals surface area (Å²) in [4.78, 5) is 12.4. The van der Waals surface area contributed by atoms with Gasteiger partial charge in [0.15, 0.2) is 0 Å². The van der Waals surface area contributed by atoms with Crippen molar-refractivity contribution in [3.05, 3.63) is 65.7 Å². The van der Waals surface area contributed by atoms with E-state index in [4.69, 9.17) is 5.73 Å². The van der Waals surface area contributed by atoms with Crippen LogP contribution < -0.4 is 11.1 Å². The number of benzene rings is 2. The van der Waals surface area contributed by atoms with E-state index >= 15 is 0 Å². The van der Waals surface area contributed by atoms with Crippen molar-refractivity contribution < 1.29 is 13.2 Å². The van der Waals surface area contributed by atoms with E-state index in [0.717, 1.165) is 18.4 Å². The number of hydrogen-bond acceptors (Lipinski definition) is 4. The van der Waals surface area contributed by atoms with Crippen molar-refractivity contribution in [2.45, 2.75) is 29.7 Å². The summed E-state index contributed by atoms with van der Waals surface area (Å²) in [6.07, 6.45) is 1.97. The number of nitrogens with zero attached hydrogens (tertiary/aromatic N) is 1. The van der Waals surface area contributed by atoms with Crippen LogP contribution in [0.25, 0.3) is 0 Å². The minimum absolute atomic E-state index is 0.0681. The third-order valence-electron chi connectivity index (χ3n) is 5.58. The molecule has 6 nitrogen and oxygen atoms in total. The number of carbonyl (C=O) groups excluding carboxylic acids is 1. The van der Waals surface area contributed by atoms with Crippen molar-refractivity contribution in [1.29, 1.82) is 0 Å². The Hall–Kier alpha value is -2.22. The Balaban J connectivity index is 1.57. The van der Waals surface area contributed by atoms with Gasteiger partial charge in [-0.3, -0.25) is 4.79 Å². The van der Waals surface area contributed by atoms with E-state index in [1.807, 2.05) is 30.3 Å². The van der Waals surface area contributed by atoms with Crippen LogP contribution in [0, 0.1) is 5.92 Å². The average Bonchev–Trinajstić information content (AvgIpc) is 3.42. The fraction of sp³-hybridized carbons (Fsp3) is 0.381. The number of nitrogens with two attached hydrogens (primary N) is 1. The molecule has 2 fully saturated rings. The van der Waals surface area contributed by atoms with Crippen molar-refractivity contribution in [1.82, 2.24) is 9.62 Å². The van der Waals surface area contributed by atoms with Crippen molar-refractivity contribution in [3.63, 3.8) is 0 Å². The fourth-order valence-electron chi connectivity index (χ4n) is 3.79. The molecule has 1 aliphatic carbocycles. The number of rotatable bonds is 6. The molecular weight excluding hydrogens is 374 g/mol.